The van der Waals surface area contributed by atoms with Gasteiger partial charge in [0.15, 0.2) is 5.65 Å². The van der Waals surface area contributed by atoms with Gasteiger partial charge in [0.2, 0.25) is 0 Å². The van der Waals surface area contributed by atoms with Crippen LogP contribution in [0.1, 0.15) is 25.5 Å². The normalized spacial score (nSPS) is 18.2. The number of fused-ring (bicyclic) bond motifs is 1. The molecule has 1 aliphatic rings. The van der Waals surface area contributed by atoms with Crippen LogP contribution in [0.2, 0.25) is 0 Å². The molecular weight excluding hydrogens is 352 g/mol. The number of rotatable bonds is 4. The monoisotopic (exact) mass is 373 g/mol. The van der Waals surface area contributed by atoms with Gasteiger partial charge in [-0.2, -0.15) is 5.10 Å². The Balaban J connectivity index is 1.70. The van der Waals surface area contributed by atoms with Crippen LogP contribution in [0.3, 0.4) is 0 Å². The maximum atomic E-state index is 13.0. The third-order valence-corrected chi connectivity index (χ3v) is 4.89. The van der Waals surface area contributed by atoms with E-state index in [0.29, 0.717) is 23.9 Å². The van der Waals surface area contributed by atoms with Crippen molar-refractivity contribution >= 4 is 11.5 Å². The number of halogens is 2. The van der Waals surface area contributed by atoms with Crippen molar-refractivity contribution in [3.05, 3.63) is 42.4 Å². The Morgan fingerprint density at radius 1 is 1.26 bits per heavy atom. The van der Waals surface area contributed by atoms with Crippen molar-refractivity contribution in [2.24, 2.45) is 5.92 Å². The van der Waals surface area contributed by atoms with E-state index in [2.05, 4.69) is 26.9 Å². The topological polar surface area (TPSA) is 55.5 Å². The number of ether oxygens (including phenoxy) is 1. The molecule has 0 bridgehead atoms. The molecule has 4 heterocycles. The molecule has 0 aromatic carbocycles. The number of alkyl halides is 2. The van der Waals surface area contributed by atoms with E-state index in [0.717, 1.165) is 37.5 Å². The summed E-state index contributed by atoms with van der Waals surface area (Å²) in [4.78, 5) is 11.0. The van der Waals surface area contributed by atoms with Crippen molar-refractivity contribution in [2.75, 3.05) is 31.2 Å². The fraction of sp³-hybridized carbons (Fsp3) is 0.421. The van der Waals surface area contributed by atoms with Crippen molar-refractivity contribution in [1.82, 2.24) is 19.6 Å². The minimum Gasteiger partial charge on any atom is -0.379 e. The van der Waals surface area contributed by atoms with Gasteiger partial charge in [0, 0.05) is 24.8 Å². The van der Waals surface area contributed by atoms with Gasteiger partial charge in [0.1, 0.15) is 11.5 Å². The lowest BCUT2D eigenvalue weighted by Gasteiger charge is -2.24. The SMILES string of the molecule is CCC1COCCN(c2cc(-c3cnc4ccc(C(F)F)nn34)ccn2)C1. The van der Waals surface area contributed by atoms with E-state index in [1.165, 1.54) is 10.6 Å². The lowest BCUT2D eigenvalue weighted by Crippen LogP contribution is -2.30. The number of imidazole rings is 1. The van der Waals surface area contributed by atoms with Gasteiger partial charge in [0.25, 0.3) is 6.43 Å². The molecule has 3 aromatic rings. The predicted octanol–water partition coefficient (Wildman–Crippen LogP) is 3.59. The molecule has 6 nitrogen and oxygen atoms in total. The highest BCUT2D eigenvalue weighted by Gasteiger charge is 2.19. The van der Waals surface area contributed by atoms with E-state index >= 15 is 0 Å². The molecule has 1 saturated heterocycles. The summed E-state index contributed by atoms with van der Waals surface area (Å²) in [5, 5.41) is 4.04. The number of nitrogens with zero attached hydrogens (tertiary/aromatic N) is 5. The van der Waals surface area contributed by atoms with Crippen LogP contribution in [0.4, 0.5) is 14.6 Å². The number of pyridine rings is 1. The van der Waals surface area contributed by atoms with Gasteiger partial charge in [-0.1, -0.05) is 6.92 Å². The highest BCUT2D eigenvalue weighted by molar-refractivity contribution is 5.66. The van der Waals surface area contributed by atoms with Crippen molar-refractivity contribution < 1.29 is 13.5 Å². The summed E-state index contributed by atoms with van der Waals surface area (Å²) in [6.45, 7) is 5.24. The Morgan fingerprint density at radius 2 is 2.15 bits per heavy atom. The van der Waals surface area contributed by atoms with Gasteiger partial charge >= 0.3 is 0 Å². The van der Waals surface area contributed by atoms with Crippen LogP contribution in [0.5, 0.6) is 0 Å². The number of anilines is 1. The number of aromatic nitrogens is 4. The van der Waals surface area contributed by atoms with Crippen LogP contribution in [0, 0.1) is 5.92 Å². The van der Waals surface area contributed by atoms with Crippen molar-refractivity contribution in [3.8, 4) is 11.3 Å². The molecule has 8 heteroatoms. The van der Waals surface area contributed by atoms with Crippen LogP contribution in [0.25, 0.3) is 16.9 Å². The van der Waals surface area contributed by atoms with E-state index in [4.69, 9.17) is 4.74 Å². The van der Waals surface area contributed by atoms with Crippen LogP contribution in [0.15, 0.2) is 36.7 Å². The zero-order valence-corrected chi connectivity index (χ0v) is 15.1. The Bertz CT molecular complexity index is 929. The maximum absolute atomic E-state index is 13.0. The van der Waals surface area contributed by atoms with E-state index in [-0.39, 0.29) is 5.69 Å². The molecule has 1 fully saturated rings. The first kappa shape index (κ1) is 17.8. The van der Waals surface area contributed by atoms with Crippen LogP contribution < -0.4 is 4.90 Å². The molecule has 0 N–H and O–H groups in total. The Labute approximate surface area is 155 Å². The van der Waals surface area contributed by atoms with Crippen molar-refractivity contribution in [3.63, 3.8) is 0 Å². The lowest BCUT2D eigenvalue weighted by atomic mass is 10.1. The Hall–Kier alpha value is -2.61. The fourth-order valence-electron chi connectivity index (χ4n) is 3.29. The molecule has 0 amide bonds. The summed E-state index contributed by atoms with van der Waals surface area (Å²) in [5.41, 5.74) is 1.76. The predicted molar refractivity (Wildman–Crippen MR) is 98.0 cm³/mol. The third kappa shape index (κ3) is 3.62. The second kappa shape index (κ2) is 7.56. The van der Waals surface area contributed by atoms with E-state index < -0.39 is 6.43 Å². The number of hydrogen-bond acceptors (Lipinski definition) is 5. The molecule has 142 valence electrons. The Kier molecular flexibility index (Phi) is 4.98. The van der Waals surface area contributed by atoms with E-state index in [9.17, 15) is 8.78 Å². The van der Waals surface area contributed by atoms with Crippen molar-refractivity contribution in [1.29, 1.82) is 0 Å². The summed E-state index contributed by atoms with van der Waals surface area (Å²) < 4.78 is 33.2. The fourth-order valence-corrected chi connectivity index (χ4v) is 3.29. The quantitative estimate of drug-likeness (QED) is 0.700. The van der Waals surface area contributed by atoms with Crippen LogP contribution in [-0.4, -0.2) is 45.9 Å². The molecular formula is C19H21F2N5O. The summed E-state index contributed by atoms with van der Waals surface area (Å²) >= 11 is 0. The summed E-state index contributed by atoms with van der Waals surface area (Å²) in [6.07, 6.45) is 1.80. The van der Waals surface area contributed by atoms with Crippen molar-refractivity contribution in [2.45, 2.75) is 19.8 Å². The molecule has 1 unspecified atom stereocenters. The first-order chi connectivity index (χ1) is 13.2. The van der Waals surface area contributed by atoms with Gasteiger partial charge in [-0.25, -0.2) is 23.3 Å². The largest absolute Gasteiger partial charge is 0.379 e. The minimum atomic E-state index is -2.62. The molecule has 0 saturated carbocycles. The second-order valence-electron chi connectivity index (χ2n) is 6.67. The first-order valence-electron chi connectivity index (χ1n) is 9.07. The average Bonchev–Trinajstić information content (AvgIpc) is 2.96. The maximum Gasteiger partial charge on any atom is 0.282 e. The van der Waals surface area contributed by atoms with Gasteiger partial charge in [-0.15, -0.1) is 0 Å². The van der Waals surface area contributed by atoms with Gasteiger partial charge in [-0.05, 0) is 36.6 Å². The molecule has 27 heavy (non-hydrogen) atoms. The molecule has 1 aliphatic heterocycles. The Morgan fingerprint density at radius 3 is 2.96 bits per heavy atom. The highest BCUT2D eigenvalue weighted by atomic mass is 19.3. The minimum absolute atomic E-state index is 0.272. The van der Waals surface area contributed by atoms with E-state index in [1.54, 1.807) is 18.5 Å². The third-order valence-electron chi connectivity index (χ3n) is 4.89. The van der Waals surface area contributed by atoms with Gasteiger partial charge < -0.3 is 9.64 Å². The highest BCUT2D eigenvalue weighted by Crippen LogP contribution is 2.26. The molecule has 1 atom stereocenters. The summed E-state index contributed by atoms with van der Waals surface area (Å²) in [7, 11) is 0. The van der Waals surface area contributed by atoms with E-state index in [1.807, 2.05) is 12.1 Å². The zero-order chi connectivity index (χ0) is 18.8. The summed E-state index contributed by atoms with van der Waals surface area (Å²) in [5.74, 6) is 1.31. The molecule has 0 spiro atoms. The second-order valence-corrected chi connectivity index (χ2v) is 6.67. The lowest BCUT2D eigenvalue weighted by molar-refractivity contribution is 0.122. The van der Waals surface area contributed by atoms with Crippen LogP contribution in [-0.2, 0) is 4.74 Å². The molecule has 3 aromatic heterocycles. The number of hydrogen-bond donors (Lipinski definition) is 0. The molecule has 0 radical (unpaired) electrons. The smallest absolute Gasteiger partial charge is 0.282 e. The standard InChI is InChI=1S/C19H21F2N5O/c1-2-13-11-25(7-8-27-12-13)18-9-14(5-6-22-18)16-10-23-17-4-3-15(19(20)21)24-26(16)17/h3-6,9-10,13,19H,2,7-8,11-12H2,1H3. The average molecular weight is 373 g/mol. The summed E-state index contributed by atoms with van der Waals surface area (Å²) in [6, 6.07) is 6.66. The molecule has 0 aliphatic carbocycles. The van der Waals surface area contributed by atoms with Crippen LogP contribution >= 0.6 is 0 Å². The van der Waals surface area contributed by atoms with Gasteiger partial charge in [-0.3, -0.25) is 0 Å². The zero-order valence-electron chi connectivity index (χ0n) is 15.1. The molecule has 4 rings (SSSR count). The van der Waals surface area contributed by atoms with Gasteiger partial charge in [0.05, 0.1) is 25.1 Å². The first-order valence-corrected chi connectivity index (χ1v) is 9.07.